The molecule has 2 heterocycles. The Balaban J connectivity index is 2.26. The lowest BCUT2D eigenvalue weighted by molar-refractivity contribution is 0.382. The Morgan fingerprint density at radius 3 is 2.95 bits per heavy atom. The molecule has 20 heavy (non-hydrogen) atoms. The topological polar surface area (TPSA) is 39.1 Å². The fourth-order valence-electron chi connectivity index (χ4n) is 2.83. The van der Waals surface area contributed by atoms with E-state index in [0.29, 0.717) is 11.3 Å². The van der Waals surface area contributed by atoms with Crippen molar-refractivity contribution in [1.29, 1.82) is 0 Å². The summed E-state index contributed by atoms with van der Waals surface area (Å²) in [5.41, 5.74) is 1.22. The molecule has 2 rings (SSSR count). The van der Waals surface area contributed by atoms with Gasteiger partial charge in [-0.2, -0.15) is 16.9 Å². The van der Waals surface area contributed by atoms with Gasteiger partial charge in [0.2, 0.25) is 0 Å². The van der Waals surface area contributed by atoms with Crippen molar-refractivity contribution in [2.75, 3.05) is 19.4 Å². The van der Waals surface area contributed by atoms with E-state index in [0.717, 1.165) is 25.3 Å². The van der Waals surface area contributed by atoms with Crippen molar-refractivity contribution in [3.05, 3.63) is 11.9 Å². The van der Waals surface area contributed by atoms with Crippen LogP contribution in [-0.4, -0.2) is 34.4 Å². The zero-order valence-electron chi connectivity index (χ0n) is 12.9. The maximum Gasteiger partial charge on any atom is 0.161 e. The van der Waals surface area contributed by atoms with Crippen LogP contribution in [0.25, 0.3) is 0 Å². The van der Waals surface area contributed by atoms with E-state index in [1.807, 2.05) is 6.20 Å². The van der Waals surface area contributed by atoms with Gasteiger partial charge in [-0.25, -0.2) is 0 Å². The summed E-state index contributed by atoms with van der Waals surface area (Å²) >= 11 is 2.10. The van der Waals surface area contributed by atoms with Gasteiger partial charge in [0.15, 0.2) is 5.75 Å². The van der Waals surface area contributed by atoms with E-state index in [9.17, 15) is 0 Å². The minimum absolute atomic E-state index is 0.345. The average molecular weight is 297 g/mol. The molecular formula is C15H27N3OS. The van der Waals surface area contributed by atoms with Crippen molar-refractivity contribution >= 4 is 11.8 Å². The van der Waals surface area contributed by atoms with Crippen molar-refractivity contribution in [2.45, 2.75) is 57.4 Å². The number of nitrogens with one attached hydrogen (secondary N) is 1. The number of thioether (sulfide) groups is 1. The molecule has 1 aromatic rings. The van der Waals surface area contributed by atoms with Crippen LogP contribution in [0.2, 0.25) is 0 Å². The lowest BCUT2D eigenvalue weighted by atomic mass is 10.0. The Labute approximate surface area is 126 Å². The van der Waals surface area contributed by atoms with Crippen molar-refractivity contribution < 1.29 is 4.74 Å². The summed E-state index contributed by atoms with van der Waals surface area (Å²) < 4.78 is 7.63. The fourth-order valence-corrected chi connectivity index (χ4v) is 4.26. The Bertz CT molecular complexity index is 380. The predicted octanol–water partition coefficient (Wildman–Crippen LogP) is 3.24. The maximum absolute atomic E-state index is 5.55. The average Bonchev–Trinajstić information content (AvgIpc) is 2.92. The van der Waals surface area contributed by atoms with Crippen LogP contribution in [0.3, 0.4) is 0 Å². The normalized spacial score (nSPS) is 20.9. The molecule has 114 valence electrons. The first-order valence-corrected chi connectivity index (χ1v) is 8.81. The van der Waals surface area contributed by atoms with E-state index in [-0.39, 0.29) is 0 Å². The number of hydrogen-bond donors (Lipinski definition) is 1. The molecule has 0 amide bonds. The van der Waals surface area contributed by atoms with E-state index in [1.54, 1.807) is 7.11 Å². The molecule has 1 N–H and O–H groups in total. The number of ether oxygens (including phenoxy) is 1. The minimum Gasteiger partial charge on any atom is -0.493 e. The smallest absolute Gasteiger partial charge is 0.161 e. The second kappa shape index (κ2) is 7.93. The second-order valence-corrected chi connectivity index (χ2v) is 6.60. The molecular weight excluding hydrogens is 270 g/mol. The maximum atomic E-state index is 5.55. The number of aryl methyl sites for hydroxylation is 1. The van der Waals surface area contributed by atoms with Gasteiger partial charge in [0.1, 0.15) is 0 Å². The summed E-state index contributed by atoms with van der Waals surface area (Å²) in [5.74, 6) is 2.20. The highest BCUT2D eigenvalue weighted by molar-refractivity contribution is 8.00. The summed E-state index contributed by atoms with van der Waals surface area (Å²) in [6, 6.07) is 0.345. The molecule has 1 aliphatic heterocycles. The Kier molecular flexibility index (Phi) is 6.23. The molecule has 0 aromatic carbocycles. The lowest BCUT2D eigenvalue weighted by Gasteiger charge is -2.31. The van der Waals surface area contributed by atoms with E-state index in [4.69, 9.17) is 4.74 Å². The number of methoxy groups -OCH3 is 1. The largest absolute Gasteiger partial charge is 0.493 e. The molecule has 1 aromatic heterocycles. The fraction of sp³-hybridized carbons (Fsp3) is 0.800. The molecule has 4 nitrogen and oxygen atoms in total. The lowest BCUT2D eigenvalue weighted by Crippen LogP contribution is -2.34. The minimum atomic E-state index is 0.345. The van der Waals surface area contributed by atoms with Gasteiger partial charge in [-0.05, 0) is 38.5 Å². The number of hydrogen-bond acceptors (Lipinski definition) is 4. The summed E-state index contributed by atoms with van der Waals surface area (Å²) in [5, 5.41) is 8.83. The van der Waals surface area contributed by atoms with Gasteiger partial charge in [-0.3, -0.25) is 4.68 Å². The zero-order valence-corrected chi connectivity index (χ0v) is 13.7. The van der Waals surface area contributed by atoms with E-state index < -0.39 is 0 Å². The standard InChI is InChI=1S/C15H27N3OS/c1-4-9-16-14(13-8-6-7-10-20-13)15-12(19-3)11-17-18(15)5-2/h11,13-14,16H,4-10H2,1-3H3. The first-order valence-electron chi connectivity index (χ1n) is 7.76. The van der Waals surface area contributed by atoms with Crippen molar-refractivity contribution in [1.82, 2.24) is 15.1 Å². The molecule has 1 saturated heterocycles. The highest BCUT2D eigenvalue weighted by Gasteiger charge is 2.30. The molecule has 0 saturated carbocycles. The number of rotatable bonds is 7. The van der Waals surface area contributed by atoms with E-state index >= 15 is 0 Å². The van der Waals surface area contributed by atoms with Gasteiger partial charge >= 0.3 is 0 Å². The summed E-state index contributed by atoms with van der Waals surface area (Å²) in [6.45, 7) is 6.29. The van der Waals surface area contributed by atoms with E-state index in [1.165, 1.54) is 30.7 Å². The summed E-state index contributed by atoms with van der Waals surface area (Å²) in [4.78, 5) is 0. The van der Waals surface area contributed by atoms with Crippen LogP contribution < -0.4 is 10.1 Å². The summed E-state index contributed by atoms with van der Waals surface area (Å²) in [7, 11) is 1.74. The Morgan fingerprint density at radius 2 is 2.35 bits per heavy atom. The van der Waals surface area contributed by atoms with Crippen LogP contribution in [0, 0.1) is 0 Å². The van der Waals surface area contributed by atoms with Gasteiger partial charge in [0.25, 0.3) is 0 Å². The van der Waals surface area contributed by atoms with E-state index in [2.05, 4.69) is 40.7 Å². The molecule has 2 unspecified atom stereocenters. The first kappa shape index (κ1) is 15.7. The highest BCUT2D eigenvalue weighted by Crippen LogP contribution is 2.38. The quantitative estimate of drug-likeness (QED) is 0.838. The third-order valence-corrected chi connectivity index (χ3v) is 5.32. The van der Waals surface area contributed by atoms with Gasteiger partial charge in [0, 0.05) is 11.8 Å². The third-order valence-electron chi connectivity index (χ3n) is 3.86. The van der Waals surface area contributed by atoms with Gasteiger partial charge in [-0.1, -0.05) is 13.3 Å². The van der Waals surface area contributed by atoms with Crippen LogP contribution >= 0.6 is 11.8 Å². The molecule has 2 atom stereocenters. The first-order chi connectivity index (χ1) is 9.81. The van der Waals surface area contributed by atoms with Gasteiger partial charge < -0.3 is 10.1 Å². The molecule has 1 fully saturated rings. The number of nitrogens with zero attached hydrogens (tertiary/aromatic N) is 2. The molecule has 0 aliphatic carbocycles. The van der Waals surface area contributed by atoms with Gasteiger partial charge in [-0.15, -0.1) is 0 Å². The van der Waals surface area contributed by atoms with Crippen LogP contribution in [-0.2, 0) is 6.54 Å². The van der Waals surface area contributed by atoms with Crippen LogP contribution in [0.15, 0.2) is 6.20 Å². The monoisotopic (exact) mass is 297 g/mol. The zero-order chi connectivity index (χ0) is 14.4. The van der Waals surface area contributed by atoms with Crippen molar-refractivity contribution in [2.24, 2.45) is 0 Å². The SMILES string of the molecule is CCCNC(c1c(OC)cnn1CC)C1CCCCS1. The molecule has 1 aliphatic rings. The third kappa shape index (κ3) is 3.50. The van der Waals surface area contributed by atoms with Crippen LogP contribution in [0.4, 0.5) is 0 Å². The summed E-state index contributed by atoms with van der Waals surface area (Å²) in [6.07, 6.45) is 6.98. The molecule has 0 radical (unpaired) electrons. The van der Waals surface area contributed by atoms with Gasteiger partial charge in [0.05, 0.1) is 25.0 Å². The Morgan fingerprint density at radius 1 is 1.50 bits per heavy atom. The Hall–Kier alpha value is -0.680. The molecule has 0 bridgehead atoms. The highest BCUT2D eigenvalue weighted by atomic mass is 32.2. The number of aromatic nitrogens is 2. The molecule has 0 spiro atoms. The molecule has 5 heteroatoms. The van der Waals surface area contributed by atoms with Crippen molar-refractivity contribution in [3.63, 3.8) is 0 Å². The predicted molar refractivity (Wildman–Crippen MR) is 85.6 cm³/mol. The van der Waals surface area contributed by atoms with Crippen LogP contribution in [0.5, 0.6) is 5.75 Å². The van der Waals surface area contributed by atoms with Crippen LogP contribution in [0.1, 0.15) is 51.3 Å². The second-order valence-electron chi connectivity index (χ2n) is 5.25. The van der Waals surface area contributed by atoms with Crippen molar-refractivity contribution in [3.8, 4) is 5.75 Å².